The molecule has 2 aromatic heterocycles. The number of aromatic nitrogens is 3. The summed E-state index contributed by atoms with van der Waals surface area (Å²) in [6, 6.07) is 2.28. The number of nitriles is 1. The Morgan fingerprint density at radius 3 is 3.00 bits per heavy atom. The molecule has 22 heavy (non-hydrogen) atoms. The van der Waals surface area contributed by atoms with Gasteiger partial charge in [0.05, 0.1) is 18.2 Å². The summed E-state index contributed by atoms with van der Waals surface area (Å²) in [7, 11) is 0. The number of aryl methyl sites for hydroxylation is 1. The van der Waals surface area contributed by atoms with Crippen LogP contribution in [0.5, 0.6) is 0 Å². The summed E-state index contributed by atoms with van der Waals surface area (Å²) in [5.74, 6) is 0.718. The van der Waals surface area contributed by atoms with Crippen LogP contribution in [0.4, 0.5) is 5.82 Å². The fourth-order valence-electron chi connectivity index (χ4n) is 3.16. The van der Waals surface area contributed by atoms with Gasteiger partial charge in [-0.1, -0.05) is 13.3 Å². The van der Waals surface area contributed by atoms with E-state index in [1.807, 2.05) is 6.92 Å². The summed E-state index contributed by atoms with van der Waals surface area (Å²) < 4.78 is 2.20. The Bertz CT molecular complexity index is 711. The average molecular weight is 299 g/mol. The maximum Gasteiger partial charge on any atom is 0.154 e. The van der Waals surface area contributed by atoms with Gasteiger partial charge in [-0.3, -0.25) is 0 Å². The lowest BCUT2D eigenvalue weighted by Crippen LogP contribution is -2.23. The van der Waals surface area contributed by atoms with E-state index in [-0.39, 0.29) is 12.6 Å². The van der Waals surface area contributed by atoms with Crippen LogP contribution >= 0.6 is 0 Å². The maximum absolute atomic E-state index is 9.55. The predicted molar refractivity (Wildman–Crippen MR) is 84.6 cm³/mol. The summed E-state index contributed by atoms with van der Waals surface area (Å²) in [4.78, 5) is 8.72. The van der Waals surface area contributed by atoms with Crippen LogP contribution in [0.25, 0.3) is 11.0 Å². The number of fused-ring (bicyclic) bond motifs is 3. The number of rotatable bonds is 4. The molecule has 0 spiro atoms. The standard InChI is InChI=1S/C16H21N5O/c1-2-11(9-22)20-16-15-14(18-10-19-16)12(8-17)13-6-4-3-5-7-21(13)15/h10-11,22H,2-7,9H2,1H3,(H,18,19,20). The Morgan fingerprint density at radius 2 is 2.27 bits per heavy atom. The van der Waals surface area contributed by atoms with Crippen molar-refractivity contribution < 1.29 is 5.11 Å². The van der Waals surface area contributed by atoms with Crippen LogP contribution in [-0.2, 0) is 13.0 Å². The number of aliphatic hydroxyl groups is 1. The van der Waals surface area contributed by atoms with Crippen molar-refractivity contribution in [1.82, 2.24) is 14.5 Å². The summed E-state index contributed by atoms with van der Waals surface area (Å²) in [6.07, 6.45) is 6.60. The SMILES string of the molecule is CCC(CO)Nc1ncnc2c(C#N)c3n(c12)CCCCC3. The first-order valence-corrected chi connectivity index (χ1v) is 7.93. The number of anilines is 1. The highest BCUT2D eigenvalue weighted by Gasteiger charge is 2.23. The van der Waals surface area contributed by atoms with Crippen LogP contribution in [0.1, 0.15) is 43.9 Å². The molecule has 0 bridgehead atoms. The zero-order valence-corrected chi connectivity index (χ0v) is 12.8. The van der Waals surface area contributed by atoms with Crippen molar-refractivity contribution in [2.75, 3.05) is 11.9 Å². The van der Waals surface area contributed by atoms with E-state index in [2.05, 4.69) is 25.9 Å². The molecule has 0 aromatic carbocycles. The molecule has 2 N–H and O–H groups in total. The Morgan fingerprint density at radius 1 is 1.41 bits per heavy atom. The van der Waals surface area contributed by atoms with E-state index in [9.17, 15) is 10.4 Å². The third kappa shape index (κ3) is 2.42. The molecular formula is C16H21N5O. The molecule has 0 saturated heterocycles. The normalized spacial score (nSPS) is 15.9. The molecular weight excluding hydrogens is 278 g/mol. The molecule has 3 heterocycles. The van der Waals surface area contributed by atoms with Crippen LogP contribution in [0, 0.1) is 11.3 Å². The number of hydrogen-bond acceptors (Lipinski definition) is 5. The van der Waals surface area contributed by atoms with Crippen molar-refractivity contribution in [2.45, 2.75) is 51.6 Å². The minimum absolute atomic E-state index is 0.0411. The van der Waals surface area contributed by atoms with Gasteiger partial charge in [-0.05, 0) is 25.7 Å². The van der Waals surface area contributed by atoms with Gasteiger partial charge in [0.2, 0.25) is 0 Å². The van der Waals surface area contributed by atoms with Gasteiger partial charge in [-0.15, -0.1) is 0 Å². The van der Waals surface area contributed by atoms with E-state index in [1.54, 1.807) is 0 Å². The predicted octanol–water partition coefficient (Wildman–Crippen LogP) is 2.21. The van der Waals surface area contributed by atoms with Gasteiger partial charge in [0.1, 0.15) is 23.4 Å². The van der Waals surface area contributed by atoms with Crippen LogP contribution in [-0.4, -0.2) is 32.3 Å². The molecule has 116 valence electrons. The highest BCUT2D eigenvalue weighted by Crippen LogP contribution is 2.32. The number of nitrogens with one attached hydrogen (secondary N) is 1. The zero-order valence-electron chi connectivity index (χ0n) is 12.8. The second kappa shape index (κ2) is 6.32. The van der Waals surface area contributed by atoms with Crippen molar-refractivity contribution in [3.63, 3.8) is 0 Å². The Balaban J connectivity index is 2.18. The monoisotopic (exact) mass is 299 g/mol. The van der Waals surface area contributed by atoms with Crippen molar-refractivity contribution in [3.05, 3.63) is 17.6 Å². The van der Waals surface area contributed by atoms with Gasteiger partial charge in [-0.2, -0.15) is 5.26 Å². The summed E-state index contributed by atoms with van der Waals surface area (Å²) in [5, 5.41) is 22.3. The van der Waals surface area contributed by atoms with E-state index in [0.29, 0.717) is 5.56 Å². The van der Waals surface area contributed by atoms with Gasteiger partial charge in [0, 0.05) is 12.2 Å². The van der Waals surface area contributed by atoms with Crippen LogP contribution < -0.4 is 5.32 Å². The maximum atomic E-state index is 9.55. The summed E-state index contributed by atoms with van der Waals surface area (Å²) in [5.41, 5.74) is 3.39. The topological polar surface area (TPSA) is 86.8 Å². The van der Waals surface area contributed by atoms with E-state index >= 15 is 0 Å². The third-order valence-corrected chi connectivity index (χ3v) is 4.40. The molecule has 3 rings (SSSR count). The molecule has 0 amide bonds. The van der Waals surface area contributed by atoms with E-state index in [0.717, 1.165) is 54.8 Å². The molecule has 2 aromatic rings. The molecule has 0 aliphatic carbocycles. The number of hydrogen-bond donors (Lipinski definition) is 2. The van der Waals surface area contributed by atoms with Gasteiger partial charge in [-0.25, -0.2) is 9.97 Å². The molecule has 1 aliphatic heterocycles. The number of nitrogens with zero attached hydrogens (tertiary/aromatic N) is 4. The van der Waals surface area contributed by atoms with Crippen LogP contribution in [0.2, 0.25) is 0 Å². The molecule has 1 aliphatic rings. The smallest absolute Gasteiger partial charge is 0.154 e. The van der Waals surface area contributed by atoms with E-state index in [1.165, 1.54) is 12.7 Å². The third-order valence-electron chi connectivity index (χ3n) is 4.40. The molecule has 0 fully saturated rings. The van der Waals surface area contributed by atoms with Crippen molar-refractivity contribution in [3.8, 4) is 6.07 Å². The zero-order chi connectivity index (χ0) is 15.5. The first kappa shape index (κ1) is 14.8. The molecule has 1 unspecified atom stereocenters. The van der Waals surface area contributed by atoms with E-state index in [4.69, 9.17) is 0 Å². The molecule has 0 saturated carbocycles. The van der Waals surface area contributed by atoms with Gasteiger partial charge < -0.3 is 15.0 Å². The minimum atomic E-state index is -0.0411. The lowest BCUT2D eigenvalue weighted by molar-refractivity contribution is 0.271. The fraction of sp³-hybridized carbons (Fsp3) is 0.562. The number of aliphatic hydroxyl groups excluding tert-OH is 1. The second-order valence-electron chi connectivity index (χ2n) is 5.75. The van der Waals surface area contributed by atoms with Crippen molar-refractivity contribution in [2.24, 2.45) is 0 Å². The van der Waals surface area contributed by atoms with E-state index < -0.39 is 0 Å². The molecule has 6 nitrogen and oxygen atoms in total. The molecule has 1 atom stereocenters. The molecule has 0 radical (unpaired) electrons. The fourth-order valence-corrected chi connectivity index (χ4v) is 3.16. The highest BCUT2D eigenvalue weighted by molar-refractivity contribution is 5.92. The van der Waals surface area contributed by atoms with Gasteiger partial charge in [0.25, 0.3) is 0 Å². The van der Waals surface area contributed by atoms with Gasteiger partial charge in [0.15, 0.2) is 5.82 Å². The average Bonchev–Trinajstić information content (AvgIpc) is 2.70. The lowest BCUT2D eigenvalue weighted by atomic mass is 10.1. The van der Waals surface area contributed by atoms with Gasteiger partial charge >= 0.3 is 0 Å². The Kier molecular flexibility index (Phi) is 4.25. The summed E-state index contributed by atoms with van der Waals surface area (Å²) in [6.45, 7) is 2.97. The first-order valence-electron chi connectivity index (χ1n) is 7.93. The lowest BCUT2D eigenvalue weighted by Gasteiger charge is -2.16. The highest BCUT2D eigenvalue weighted by atomic mass is 16.3. The quantitative estimate of drug-likeness (QED) is 0.904. The summed E-state index contributed by atoms with van der Waals surface area (Å²) >= 11 is 0. The van der Waals surface area contributed by atoms with Crippen LogP contribution in [0.15, 0.2) is 6.33 Å². The first-order chi connectivity index (χ1) is 10.8. The second-order valence-corrected chi connectivity index (χ2v) is 5.75. The Labute approximate surface area is 129 Å². The largest absolute Gasteiger partial charge is 0.394 e. The minimum Gasteiger partial charge on any atom is -0.394 e. The Hall–Kier alpha value is -2.13. The van der Waals surface area contributed by atoms with Crippen LogP contribution in [0.3, 0.4) is 0 Å². The van der Waals surface area contributed by atoms with Crippen molar-refractivity contribution >= 4 is 16.9 Å². The molecule has 6 heteroatoms. The van der Waals surface area contributed by atoms with Crippen molar-refractivity contribution in [1.29, 1.82) is 5.26 Å².